The van der Waals surface area contributed by atoms with Crippen LogP contribution < -0.4 is 4.74 Å². The van der Waals surface area contributed by atoms with Crippen molar-refractivity contribution in [3.05, 3.63) is 52.6 Å². The lowest BCUT2D eigenvalue weighted by Crippen LogP contribution is -1.93. The predicted molar refractivity (Wildman–Crippen MR) is 78.3 cm³/mol. The summed E-state index contributed by atoms with van der Waals surface area (Å²) in [4.78, 5) is 15.1. The van der Waals surface area contributed by atoms with E-state index in [2.05, 4.69) is 4.98 Å². The third-order valence-corrected chi connectivity index (χ3v) is 4.00. The first kappa shape index (κ1) is 12.6. The van der Waals surface area contributed by atoms with E-state index in [1.54, 1.807) is 12.1 Å². The third-order valence-electron chi connectivity index (χ3n) is 2.92. The highest BCUT2D eigenvalue weighted by Gasteiger charge is 2.17. The first-order valence-corrected chi connectivity index (χ1v) is 6.69. The molecule has 0 atom stereocenters. The number of benzene rings is 2. The van der Waals surface area contributed by atoms with Crippen molar-refractivity contribution in [2.75, 3.05) is 7.11 Å². The van der Waals surface area contributed by atoms with E-state index >= 15 is 0 Å². The Morgan fingerprint density at radius 1 is 1.25 bits per heavy atom. The van der Waals surface area contributed by atoms with Crippen LogP contribution in [0.5, 0.6) is 5.75 Å². The summed E-state index contributed by atoms with van der Waals surface area (Å²) < 4.78 is 6.05. The SMILES string of the molecule is COc1ccc(-c2nc3ccccc3s2)cc1[N+](=O)[O-]. The molecule has 0 aliphatic rings. The topological polar surface area (TPSA) is 65.3 Å². The van der Waals surface area contributed by atoms with Gasteiger partial charge in [-0.25, -0.2) is 4.98 Å². The summed E-state index contributed by atoms with van der Waals surface area (Å²) in [5, 5.41) is 11.8. The van der Waals surface area contributed by atoms with Crippen LogP contribution in [0.3, 0.4) is 0 Å². The Balaban J connectivity index is 2.14. The molecule has 5 nitrogen and oxygen atoms in total. The van der Waals surface area contributed by atoms with Gasteiger partial charge >= 0.3 is 5.69 Å². The molecule has 100 valence electrons. The Bertz CT molecular complexity index is 765. The second kappa shape index (κ2) is 4.90. The Hall–Kier alpha value is -2.47. The zero-order chi connectivity index (χ0) is 14.1. The smallest absolute Gasteiger partial charge is 0.311 e. The average Bonchev–Trinajstić information content (AvgIpc) is 2.90. The second-order valence-electron chi connectivity index (χ2n) is 4.13. The fourth-order valence-electron chi connectivity index (χ4n) is 1.96. The van der Waals surface area contributed by atoms with E-state index in [-0.39, 0.29) is 11.4 Å². The van der Waals surface area contributed by atoms with Gasteiger partial charge in [0.05, 0.1) is 22.2 Å². The van der Waals surface area contributed by atoms with E-state index in [9.17, 15) is 10.1 Å². The molecule has 0 amide bonds. The number of hydrogen-bond acceptors (Lipinski definition) is 5. The van der Waals surface area contributed by atoms with Crippen LogP contribution in [0.15, 0.2) is 42.5 Å². The molecule has 0 aliphatic carbocycles. The van der Waals surface area contributed by atoms with Gasteiger partial charge in [-0.15, -0.1) is 11.3 Å². The minimum absolute atomic E-state index is 0.0516. The first-order chi connectivity index (χ1) is 9.69. The number of rotatable bonds is 3. The quantitative estimate of drug-likeness (QED) is 0.541. The number of nitrogens with zero attached hydrogens (tertiary/aromatic N) is 2. The van der Waals surface area contributed by atoms with Crippen molar-refractivity contribution in [3.63, 3.8) is 0 Å². The lowest BCUT2D eigenvalue weighted by Gasteiger charge is -2.02. The number of hydrogen-bond donors (Lipinski definition) is 0. The zero-order valence-corrected chi connectivity index (χ0v) is 11.4. The van der Waals surface area contributed by atoms with E-state index in [0.717, 1.165) is 20.8 Å². The molecular formula is C14H10N2O3S. The van der Waals surface area contributed by atoms with Gasteiger partial charge in [0.15, 0.2) is 5.75 Å². The first-order valence-electron chi connectivity index (χ1n) is 5.87. The molecule has 0 N–H and O–H groups in total. The second-order valence-corrected chi connectivity index (χ2v) is 5.16. The van der Waals surface area contributed by atoms with E-state index < -0.39 is 4.92 Å². The van der Waals surface area contributed by atoms with Crippen LogP contribution in [0.2, 0.25) is 0 Å². The van der Waals surface area contributed by atoms with Crippen LogP contribution in [0, 0.1) is 10.1 Å². The summed E-state index contributed by atoms with van der Waals surface area (Å²) in [5.41, 5.74) is 1.56. The van der Waals surface area contributed by atoms with Gasteiger partial charge in [0, 0.05) is 11.6 Å². The predicted octanol–water partition coefficient (Wildman–Crippen LogP) is 3.88. The molecule has 0 saturated heterocycles. The molecule has 0 spiro atoms. The Kier molecular flexibility index (Phi) is 3.08. The molecule has 1 heterocycles. The molecule has 2 aromatic carbocycles. The Labute approximate surface area is 118 Å². The van der Waals surface area contributed by atoms with E-state index in [0.29, 0.717) is 0 Å². The van der Waals surface area contributed by atoms with Crippen molar-refractivity contribution in [3.8, 4) is 16.3 Å². The molecule has 3 rings (SSSR count). The van der Waals surface area contributed by atoms with E-state index in [1.165, 1.54) is 24.5 Å². The maximum absolute atomic E-state index is 11.0. The number of thiazole rings is 1. The molecule has 0 fully saturated rings. The molecule has 1 aromatic heterocycles. The van der Waals surface area contributed by atoms with Gasteiger partial charge in [-0.05, 0) is 24.3 Å². The number of nitro groups is 1. The number of ether oxygens (including phenoxy) is 1. The van der Waals surface area contributed by atoms with Crippen LogP contribution in [0.4, 0.5) is 5.69 Å². The molecule has 0 aliphatic heterocycles. The molecule has 0 saturated carbocycles. The summed E-state index contributed by atoms with van der Waals surface area (Å²) in [5.74, 6) is 0.250. The summed E-state index contributed by atoms with van der Waals surface area (Å²) in [6.45, 7) is 0. The Morgan fingerprint density at radius 3 is 2.75 bits per heavy atom. The normalized spacial score (nSPS) is 10.7. The van der Waals surface area contributed by atoms with Crippen LogP contribution >= 0.6 is 11.3 Å². The molecule has 3 aromatic rings. The van der Waals surface area contributed by atoms with Crippen molar-refractivity contribution < 1.29 is 9.66 Å². The van der Waals surface area contributed by atoms with Crippen molar-refractivity contribution in [1.29, 1.82) is 0 Å². The molecule has 20 heavy (non-hydrogen) atoms. The molecule has 0 bridgehead atoms. The number of methoxy groups -OCH3 is 1. The summed E-state index contributed by atoms with van der Waals surface area (Å²) >= 11 is 1.51. The summed E-state index contributed by atoms with van der Waals surface area (Å²) in [6, 6.07) is 12.6. The maximum Gasteiger partial charge on any atom is 0.311 e. The average molecular weight is 286 g/mol. The van der Waals surface area contributed by atoms with Gasteiger partial charge in [-0.2, -0.15) is 0 Å². The lowest BCUT2D eigenvalue weighted by atomic mass is 10.2. The van der Waals surface area contributed by atoms with Gasteiger partial charge in [0.25, 0.3) is 0 Å². The number of fused-ring (bicyclic) bond motifs is 1. The number of para-hydroxylation sites is 1. The fourth-order valence-corrected chi connectivity index (χ4v) is 2.92. The van der Waals surface area contributed by atoms with Crippen molar-refractivity contribution in [2.24, 2.45) is 0 Å². The monoisotopic (exact) mass is 286 g/mol. The highest BCUT2D eigenvalue weighted by Crippen LogP contribution is 2.35. The van der Waals surface area contributed by atoms with Gasteiger partial charge in [0.1, 0.15) is 5.01 Å². The largest absolute Gasteiger partial charge is 0.490 e. The summed E-state index contributed by atoms with van der Waals surface area (Å²) in [7, 11) is 1.42. The third kappa shape index (κ3) is 2.10. The van der Waals surface area contributed by atoms with Gasteiger partial charge in [-0.1, -0.05) is 12.1 Å². The lowest BCUT2D eigenvalue weighted by molar-refractivity contribution is -0.385. The molecule has 0 radical (unpaired) electrons. The van der Waals surface area contributed by atoms with Crippen molar-refractivity contribution in [2.45, 2.75) is 0 Å². The van der Waals surface area contributed by atoms with Crippen LogP contribution in [-0.2, 0) is 0 Å². The van der Waals surface area contributed by atoms with E-state index in [1.807, 2.05) is 24.3 Å². The van der Waals surface area contributed by atoms with Crippen molar-refractivity contribution >= 4 is 27.2 Å². The maximum atomic E-state index is 11.0. The van der Waals surface area contributed by atoms with Crippen LogP contribution in [0.25, 0.3) is 20.8 Å². The minimum Gasteiger partial charge on any atom is -0.490 e. The number of aromatic nitrogens is 1. The highest BCUT2D eigenvalue weighted by molar-refractivity contribution is 7.21. The van der Waals surface area contributed by atoms with Crippen molar-refractivity contribution in [1.82, 2.24) is 4.98 Å². The molecule has 0 unspecified atom stereocenters. The van der Waals surface area contributed by atoms with Gasteiger partial charge in [0.2, 0.25) is 0 Å². The Morgan fingerprint density at radius 2 is 2.05 bits per heavy atom. The molecule has 6 heteroatoms. The standard InChI is InChI=1S/C14H10N2O3S/c1-19-12-7-6-9(8-11(12)16(17)18)14-15-10-4-2-3-5-13(10)20-14/h2-8H,1H3. The van der Waals surface area contributed by atoms with E-state index in [4.69, 9.17) is 4.74 Å². The molecular weight excluding hydrogens is 276 g/mol. The van der Waals surface area contributed by atoms with Crippen LogP contribution in [-0.4, -0.2) is 17.0 Å². The fraction of sp³-hybridized carbons (Fsp3) is 0.0714. The van der Waals surface area contributed by atoms with Gasteiger partial charge < -0.3 is 4.74 Å². The van der Waals surface area contributed by atoms with Gasteiger partial charge in [-0.3, -0.25) is 10.1 Å². The van der Waals surface area contributed by atoms with Crippen LogP contribution in [0.1, 0.15) is 0 Å². The summed E-state index contributed by atoms with van der Waals surface area (Å²) in [6.07, 6.45) is 0. The highest BCUT2D eigenvalue weighted by atomic mass is 32.1. The zero-order valence-electron chi connectivity index (χ0n) is 10.6. The number of nitro benzene ring substituents is 1. The minimum atomic E-state index is -0.449.